The summed E-state index contributed by atoms with van der Waals surface area (Å²) >= 11 is 11.8. The second-order valence-electron chi connectivity index (χ2n) is 6.95. The molecule has 1 N–H and O–H groups in total. The molecule has 1 aromatic heterocycles. The number of aromatic nitrogens is 2. The summed E-state index contributed by atoms with van der Waals surface area (Å²) in [5.41, 5.74) is 3.07. The van der Waals surface area contributed by atoms with Crippen LogP contribution >= 0.6 is 23.8 Å². The van der Waals surface area contributed by atoms with E-state index < -0.39 is 5.82 Å². The van der Waals surface area contributed by atoms with Gasteiger partial charge in [-0.05, 0) is 62.0 Å². The van der Waals surface area contributed by atoms with Crippen molar-refractivity contribution in [3.8, 4) is 17.1 Å². The summed E-state index contributed by atoms with van der Waals surface area (Å²) in [6, 6.07) is 11.7. The van der Waals surface area contributed by atoms with Crippen LogP contribution in [0.15, 0.2) is 52.7 Å². The average molecular weight is 459 g/mol. The zero-order valence-electron chi connectivity index (χ0n) is 17.1. The molecule has 0 saturated heterocycles. The Bertz CT molecular complexity index is 1180. The van der Waals surface area contributed by atoms with Gasteiger partial charge in [-0.25, -0.2) is 4.39 Å². The normalized spacial score (nSPS) is 16.5. The monoisotopic (exact) mass is 458 g/mol. The van der Waals surface area contributed by atoms with Gasteiger partial charge in [0.25, 0.3) is 5.89 Å². The summed E-state index contributed by atoms with van der Waals surface area (Å²) in [4.78, 5) is 6.52. The first-order valence-corrected chi connectivity index (χ1v) is 10.4. The highest BCUT2D eigenvalue weighted by molar-refractivity contribution is 7.80. The molecule has 4 rings (SSSR count). The number of halogens is 2. The molecule has 6 nitrogen and oxygen atoms in total. The van der Waals surface area contributed by atoms with Crippen molar-refractivity contribution in [3.63, 3.8) is 0 Å². The number of ether oxygens (including phenoxy) is 1. The molecule has 2 heterocycles. The minimum atomic E-state index is -0.500. The number of hydrogen-bond donors (Lipinski definition) is 1. The van der Waals surface area contributed by atoms with Gasteiger partial charge in [-0.15, -0.1) is 0 Å². The van der Waals surface area contributed by atoms with E-state index in [2.05, 4.69) is 15.5 Å². The molecule has 1 unspecified atom stereocenters. The zero-order valence-corrected chi connectivity index (χ0v) is 18.7. The van der Waals surface area contributed by atoms with Gasteiger partial charge in [0.2, 0.25) is 5.82 Å². The molecule has 0 fully saturated rings. The van der Waals surface area contributed by atoms with Crippen LogP contribution in [0.5, 0.6) is 5.75 Å². The Morgan fingerprint density at radius 1 is 1.29 bits per heavy atom. The van der Waals surface area contributed by atoms with Crippen LogP contribution < -0.4 is 10.1 Å². The molecular weight excluding hydrogens is 439 g/mol. The van der Waals surface area contributed by atoms with Crippen LogP contribution in [0.25, 0.3) is 17.0 Å². The minimum Gasteiger partial charge on any atom is -0.494 e. The Balaban J connectivity index is 1.80. The van der Waals surface area contributed by atoms with Crippen molar-refractivity contribution in [1.82, 2.24) is 20.4 Å². The number of methoxy groups -OCH3 is 1. The van der Waals surface area contributed by atoms with Gasteiger partial charge in [-0.1, -0.05) is 28.9 Å². The minimum absolute atomic E-state index is 0.149. The summed E-state index contributed by atoms with van der Waals surface area (Å²) in [5.74, 6) is 0.246. The smallest absolute Gasteiger partial charge is 0.258 e. The van der Waals surface area contributed by atoms with Crippen LogP contribution in [-0.4, -0.2) is 33.8 Å². The first-order chi connectivity index (χ1) is 14.9. The van der Waals surface area contributed by atoms with Gasteiger partial charge in [0, 0.05) is 22.8 Å². The first kappa shape index (κ1) is 21.3. The van der Waals surface area contributed by atoms with Crippen molar-refractivity contribution >= 4 is 34.5 Å². The molecule has 31 heavy (non-hydrogen) atoms. The molecule has 0 radical (unpaired) electrons. The largest absolute Gasteiger partial charge is 0.494 e. The Morgan fingerprint density at radius 2 is 2.10 bits per heavy atom. The number of nitrogens with one attached hydrogen (secondary N) is 1. The van der Waals surface area contributed by atoms with Gasteiger partial charge in [0.05, 0.1) is 18.7 Å². The lowest BCUT2D eigenvalue weighted by atomic mass is 9.95. The van der Waals surface area contributed by atoms with Crippen molar-refractivity contribution in [2.24, 2.45) is 0 Å². The highest BCUT2D eigenvalue weighted by Crippen LogP contribution is 2.38. The lowest BCUT2D eigenvalue weighted by Crippen LogP contribution is -2.45. The van der Waals surface area contributed by atoms with Crippen molar-refractivity contribution in [2.75, 3.05) is 13.7 Å². The Labute approximate surface area is 189 Å². The van der Waals surface area contributed by atoms with E-state index in [4.69, 9.17) is 33.1 Å². The van der Waals surface area contributed by atoms with E-state index in [0.717, 1.165) is 16.8 Å². The Kier molecular flexibility index (Phi) is 5.93. The molecule has 2 aromatic carbocycles. The Hall–Kier alpha value is -2.97. The summed E-state index contributed by atoms with van der Waals surface area (Å²) in [5, 5.41) is 8.64. The fourth-order valence-corrected chi connectivity index (χ4v) is 4.21. The van der Waals surface area contributed by atoms with Crippen LogP contribution in [0.2, 0.25) is 5.02 Å². The molecular formula is C22H20ClFN4O2S. The lowest BCUT2D eigenvalue weighted by molar-refractivity contribution is 0.386. The molecule has 0 spiro atoms. The molecule has 3 aromatic rings. The highest BCUT2D eigenvalue weighted by Gasteiger charge is 2.33. The number of thiocarbonyl (C=S) groups is 1. The second kappa shape index (κ2) is 8.64. The predicted molar refractivity (Wildman–Crippen MR) is 121 cm³/mol. The molecule has 0 saturated carbocycles. The third kappa shape index (κ3) is 4.00. The van der Waals surface area contributed by atoms with E-state index in [0.29, 0.717) is 28.1 Å². The lowest BCUT2D eigenvalue weighted by Gasteiger charge is -2.36. The van der Waals surface area contributed by atoms with E-state index in [1.54, 1.807) is 6.07 Å². The fraction of sp³-hybridized carbons (Fsp3) is 0.227. The quantitative estimate of drug-likeness (QED) is 0.526. The average Bonchev–Trinajstić information content (AvgIpc) is 3.23. The van der Waals surface area contributed by atoms with E-state index >= 15 is 0 Å². The molecule has 1 aliphatic heterocycles. The standard InChI is InChI=1S/C22H20ClFN4O2S/c1-4-28-12(2)18(19(25-22(28)31)13-6-5-7-15(23)10-13)21-26-20(27-30-21)14-8-9-17(29-3)16(24)11-14/h5-11,19H,4H2,1-3H3,(H,25,31). The van der Waals surface area contributed by atoms with Crippen LogP contribution in [0.3, 0.4) is 0 Å². The van der Waals surface area contributed by atoms with Crippen LogP contribution in [0.4, 0.5) is 4.39 Å². The molecule has 1 aliphatic rings. The second-order valence-corrected chi connectivity index (χ2v) is 7.78. The first-order valence-electron chi connectivity index (χ1n) is 9.65. The zero-order chi connectivity index (χ0) is 22.1. The number of allylic oxidation sites excluding steroid dienone is 1. The van der Waals surface area contributed by atoms with Crippen molar-refractivity contribution in [3.05, 3.63) is 70.5 Å². The molecule has 0 amide bonds. The van der Waals surface area contributed by atoms with Gasteiger partial charge in [-0.2, -0.15) is 4.98 Å². The predicted octanol–water partition coefficient (Wildman–Crippen LogP) is 5.22. The van der Waals surface area contributed by atoms with Gasteiger partial charge >= 0.3 is 0 Å². The van der Waals surface area contributed by atoms with Crippen molar-refractivity contribution in [2.45, 2.75) is 19.9 Å². The number of benzene rings is 2. The van der Waals surface area contributed by atoms with Crippen LogP contribution in [0.1, 0.15) is 31.3 Å². The van der Waals surface area contributed by atoms with Gasteiger partial charge < -0.3 is 19.5 Å². The van der Waals surface area contributed by atoms with E-state index in [9.17, 15) is 4.39 Å². The third-order valence-electron chi connectivity index (χ3n) is 5.16. The van der Waals surface area contributed by atoms with E-state index in [-0.39, 0.29) is 17.6 Å². The fourth-order valence-electron chi connectivity index (χ4n) is 3.63. The van der Waals surface area contributed by atoms with Crippen molar-refractivity contribution in [1.29, 1.82) is 0 Å². The van der Waals surface area contributed by atoms with Crippen LogP contribution in [-0.2, 0) is 0 Å². The maximum absolute atomic E-state index is 14.2. The maximum Gasteiger partial charge on any atom is 0.258 e. The van der Waals surface area contributed by atoms with E-state index in [1.165, 1.54) is 19.2 Å². The van der Waals surface area contributed by atoms with Crippen LogP contribution in [0, 0.1) is 5.82 Å². The topological polar surface area (TPSA) is 63.4 Å². The molecule has 1 atom stereocenters. The van der Waals surface area contributed by atoms with Gasteiger partial charge in [0.15, 0.2) is 16.7 Å². The summed E-state index contributed by atoms with van der Waals surface area (Å²) in [7, 11) is 1.41. The SMILES string of the molecule is CCN1C(=S)NC(c2cccc(Cl)c2)C(c2nc(-c3ccc(OC)c(F)c3)no2)=C1C. The molecule has 9 heteroatoms. The molecule has 0 bridgehead atoms. The molecule has 0 aliphatic carbocycles. The van der Waals surface area contributed by atoms with Crippen molar-refractivity contribution < 1.29 is 13.7 Å². The number of rotatable bonds is 5. The highest BCUT2D eigenvalue weighted by atomic mass is 35.5. The maximum atomic E-state index is 14.2. The summed E-state index contributed by atoms with van der Waals surface area (Å²) in [6.45, 7) is 4.64. The van der Waals surface area contributed by atoms with E-state index in [1.807, 2.05) is 43.0 Å². The Morgan fingerprint density at radius 3 is 2.77 bits per heavy atom. The van der Waals surface area contributed by atoms with Gasteiger partial charge in [-0.3, -0.25) is 0 Å². The third-order valence-corrected chi connectivity index (χ3v) is 5.73. The summed E-state index contributed by atoms with van der Waals surface area (Å²) in [6.07, 6.45) is 0. The summed E-state index contributed by atoms with van der Waals surface area (Å²) < 4.78 is 24.8. The number of nitrogens with zero attached hydrogens (tertiary/aromatic N) is 3. The molecule has 160 valence electrons. The van der Waals surface area contributed by atoms with Gasteiger partial charge in [0.1, 0.15) is 0 Å². The number of hydrogen-bond acceptors (Lipinski definition) is 5.